The predicted octanol–water partition coefficient (Wildman–Crippen LogP) is 3.72. The number of carbonyl (C=O) groups excluding carboxylic acids is 1. The van der Waals surface area contributed by atoms with Crippen LogP contribution in [0.3, 0.4) is 0 Å². The van der Waals surface area contributed by atoms with Crippen molar-refractivity contribution in [3.63, 3.8) is 0 Å². The van der Waals surface area contributed by atoms with Crippen LogP contribution in [-0.2, 0) is 0 Å². The summed E-state index contributed by atoms with van der Waals surface area (Å²) in [6.07, 6.45) is 0.996. The lowest BCUT2D eigenvalue weighted by Crippen LogP contribution is -2.47. The van der Waals surface area contributed by atoms with Crippen LogP contribution >= 0.6 is 0 Å². The predicted molar refractivity (Wildman–Crippen MR) is 101 cm³/mol. The Morgan fingerprint density at radius 2 is 2.07 bits per heavy atom. The summed E-state index contributed by atoms with van der Waals surface area (Å²) in [4.78, 5) is 14.2. The molecule has 0 aromatic heterocycles. The van der Waals surface area contributed by atoms with Crippen molar-refractivity contribution in [3.8, 4) is 17.6 Å². The lowest BCUT2D eigenvalue weighted by molar-refractivity contribution is 0.107. The number of nitriles is 1. The van der Waals surface area contributed by atoms with Gasteiger partial charge in [0.1, 0.15) is 11.9 Å². The molecule has 2 aromatic rings. The molecule has 2 amide bonds. The molecule has 1 aliphatic heterocycles. The molecule has 0 bridgehead atoms. The van der Waals surface area contributed by atoms with Crippen LogP contribution in [0.2, 0.25) is 0 Å². The molecule has 146 valence electrons. The average molecular weight is 383 g/mol. The van der Waals surface area contributed by atoms with Crippen LogP contribution in [0.4, 0.5) is 9.18 Å². The van der Waals surface area contributed by atoms with Crippen LogP contribution in [0.15, 0.2) is 42.5 Å². The molecule has 1 heterocycles. The van der Waals surface area contributed by atoms with Crippen LogP contribution in [-0.4, -0.2) is 35.2 Å². The Labute approximate surface area is 163 Å². The maximum Gasteiger partial charge on any atom is 0.317 e. The number of nitrogens with zero attached hydrogens (tertiary/aromatic N) is 2. The molecule has 0 aliphatic carbocycles. The van der Waals surface area contributed by atoms with Gasteiger partial charge < -0.3 is 20.1 Å². The van der Waals surface area contributed by atoms with E-state index in [1.165, 1.54) is 12.1 Å². The van der Waals surface area contributed by atoms with Gasteiger partial charge >= 0.3 is 6.03 Å². The molecular formula is C21H22FN3O3. The number of phenols is 1. The number of likely N-dealkylation sites (tertiary alicyclic amines) is 1. The third kappa shape index (κ3) is 4.71. The molecule has 3 rings (SSSR count). The highest BCUT2D eigenvalue weighted by Gasteiger charge is 2.25. The Hall–Kier alpha value is -3.27. The Morgan fingerprint density at radius 1 is 1.32 bits per heavy atom. The summed E-state index contributed by atoms with van der Waals surface area (Å²) in [7, 11) is 0. The van der Waals surface area contributed by atoms with Gasteiger partial charge in [-0.3, -0.25) is 0 Å². The number of piperidine rings is 1. The van der Waals surface area contributed by atoms with Gasteiger partial charge in [-0.15, -0.1) is 0 Å². The van der Waals surface area contributed by atoms with E-state index in [4.69, 9.17) is 10.00 Å². The minimum Gasteiger partial charge on any atom is -0.508 e. The van der Waals surface area contributed by atoms with Crippen LogP contribution in [0.5, 0.6) is 11.5 Å². The van der Waals surface area contributed by atoms with E-state index < -0.39 is 5.82 Å². The number of amides is 2. The maximum absolute atomic E-state index is 14.0. The van der Waals surface area contributed by atoms with E-state index in [1.54, 1.807) is 23.1 Å². The number of rotatable bonds is 4. The van der Waals surface area contributed by atoms with E-state index in [0.717, 1.165) is 11.6 Å². The molecule has 7 heteroatoms. The molecule has 28 heavy (non-hydrogen) atoms. The van der Waals surface area contributed by atoms with Gasteiger partial charge in [0.05, 0.1) is 17.7 Å². The molecule has 1 fully saturated rings. The number of benzene rings is 2. The lowest BCUT2D eigenvalue weighted by Gasteiger charge is -2.33. The first-order chi connectivity index (χ1) is 13.5. The molecule has 2 aromatic carbocycles. The number of phenolic OH excluding ortho intramolecular Hbond substituents is 1. The molecule has 1 atom stereocenters. The Balaban J connectivity index is 1.51. The number of hydrogen-bond acceptors (Lipinski definition) is 4. The first-order valence-corrected chi connectivity index (χ1v) is 9.17. The van der Waals surface area contributed by atoms with Crippen molar-refractivity contribution in [2.45, 2.75) is 31.9 Å². The van der Waals surface area contributed by atoms with Gasteiger partial charge in [0, 0.05) is 25.9 Å². The number of aromatic hydroxyl groups is 1. The highest BCUT2D eigenvalue weighted by atomic mass is 19.1. The summed E-state index contributed by atoms with van der Waals surface area (Å²) < 4.78 is 19.7. The summed E-state index contributed by atoms with van der Waals surface area (Å²) >= 11 is 0. The molecule has 1 aliphatic rings. The maximum atomic E-state index is 14.0. The van der Waals surface area contributed by atoms with E-state index in [9.17, 15) is 14.3 Å². The first kappa shape index (κ1) is 19.5. The minimum absolute atomic E-state index is 0.124. The van der Waals surface area contributed by atoms with Crippen molar-refractivity contribution in [3.05, 3.63) is 59.4 Å². The highest BCUT2D eigenvalue weighted by molar-refractivity contribution is 5.74. The Kier molecular flexibility index (Phi) is 5.99. The highest BCUT2D eigenvalue weighted by Crippen LogP contribution is 2.24. The molecule has 1 unspecified atom stereocenters. The summed E-state index contributed by atoms with van der Waals surface area (Å²) in [6.45, 7) is 2.86. The number of nitrogens with one attached hydrogen (secondary N) is 1. The zero-order valence-corrected chi connectivity index (χ0v) is 15.6. The average Bonchev–Trinajstić information content (AvgIpc) is 2.70. The van der Waals surface area contributed by atoms with Gasteiger partial charge in [0.2, 0.25) is 0 Å². The van der Waals surface area contributed by atoms with Gasteiger partial charge in [-0.05, 0) is 42.8 Å². The van der Waals surface area contributed by atoms with Gasteiger partial charge in [-0.25, -0.2) is 9.18 Å². The standard InChI is InChI=1S/C21H22FN3O3/c1-14(16-3-2-4-17(26)12-16)24-21(27)25-9-7-18(8-10-25)28-20-6-5-15(13-23)11-19(20)22/h2-6,11-12,14,18,26H,7-10H2,1H3,(H,24,27). The number of ether oxygens (including phenoxy) is 1. The second-order valence-electron chi connectivity index (χ2n) is 6.83. The smallest absolute Gasteiger partial charge is 0.317 e. The summed E-state index contributed by atoms with van der Waals surface area (Å²) in [5.41, 5.74) is 1.07. The molecule has 0 saturated carbocycles. The molecule has 0 spiro atoms. The molecule has 6 nitrogen and oxygen atoms in total. The van der Waals surface area contributed by atoms with E-state index in [2.05, 4.69) is 5.32 Å². The fourth-order valence-electron chi connectivity index (χ4n) is 3.18. The monoisotopic (exact) mass is 383 g/mol. The third-order valence-electron chi connectivity index (χ3n) is 4.79. The van der Waals surface area contributed by atoms with Gasteiger partial charge in [0.25, 0.3) is 0 Å². The second-order valence-corrected chi connectivity index (χ2v) is 6.83. The number of carbonyl (C=O) groups is 1. The van der Waals surface area contributed by atoms with Gasteiger partial charge in [-0.2, -0.15) is 5.26 Å². The number of hydrogen-bond donors (Lipinski definition) is 2. The van der Waals surface area contributed by atoms with Crippen LogP contribution in [0.25, 0.3) is 0 Å². The van der Waals surface area contributed by atoms with Crippen molar-refractivity contribution in [2.75, 3.05) is 13.1 Å². The number of urea groups is 1. The van der Waals surface area contributed by atoms with Gasteiger partial charge in [-0.1, -0.05) is 12.1 Å². The molecular weight excluding hydrogens is 361 g/mol. The third-order valence-corrected chi connectivity index (χ3v) is 4.79. The van der Waals surface area contributed by atoms with E-state index in [-0.39, 0.29) is 35.2 Å². The molecule has 2 N–H and O–H groups in total. The second kappa shape index (κ2) is 8.61. The lowest BCUT2D eigenvalue weighted by atomic mass is 10.1. The van der Waals surface area contributed by atoms with Crippen molar-refractivity contribution < 1.29 is 19.0 Å². The summed E-state index contributed by atoms with van der Waals surface area (Å²) in [6, 6.07) is 12.4. The molecule has 0 radical (unpaired) electrons. The van der Waals surface area contributed by atoms with Crippen molar-refractivity contribution in [1.82, 2.24) is 10.2 Å². The zero-order valence-electron chi connectivity index (χ0n) is 15.6. The van der Waals surface area contributed by atoms with Crippen molar-refractivity contribution >= 4 is 6.03 Å². The van der Waals surface area contributed by atoms with Crippen LogP contribution in [0, 0.1) is 17.1 Å². The largest absolute Gasteiger partial charge is 0.508 e. The summed E-state index contributed by atoms with van der Waals surface area (Å²) in [5.74, 6) is -0.273. The summed E-state index contributed by atoms with van der Waals surface area (Å²) in [5, 5.41) is 21.3. The minimum atomic E-state index is -0.556. The molecule has 1 saturated heterocycles. The fraction of sp³-hybridized carbons (Fsp3) is 0.333. The van der Waals surface area contributed by atoms with Crippen molar-refractivity contribution in [1.29, 1.82) is 5.26 Å². The van der Waals surface area contributed by atoms with Crippen molar-refractivity contribution in [2.24, 2.45) is 0 Å². The zero-order chi connectivity index (χ0) is 20.1. The topological polar surface area (TPSA) is 85.6 Å². The van der Waals surface area contributed by atoms with E-state index in [0.29, 0.717) is 25.9 Å². The van der Waals surface area contributed by atoms with E-state index in [1.807, 2.05) is 19.1 Å². The Bertz CT molecular complexity index is 889. The SMILES string of the molecule is CC(NC(=O)N1CCC(Oc2ccc(C#N)cc2F)CC1)c1cccc(O)c1. The first-order valence-electron chi connectivity index (χ1n) is 9.17. The fourth-order valence-corrected chi connectivity index (χ4v) is 3.18. The van der Waals surface area contributed by atoms with E-state index >= 15 is 0 Å². The van der Waals surface area contributed by atoms with Gasteiger partial charge in [0.15, 0.2) is 11.6 Å². The quantitative estimate of drug-likeness (QED) is 0.843. The Morgan fingerprint density at radius 3 is 2.71 bits per heavy atom. The van der Waals surface area contributed by atoms with Crippen LogP contribution in [0.1, 0.15) is 36.9 Å². The number of halogens is 1. The normalized spacial score (nSPS) is 15.5. The van der Waals surface area contributed by atoms with Crippen LogP contribution < -0.4 is 10.1 Å².